The van der Waals surface area contributed by atoms with Crippen LogP contribution in [0.5, 0.6) is 0 Å². The van der Waals surface area contributed by atoms with Crippen molar-refractivity contribution in [3.05, 3.63) is 24.3 Å². The number of rotatable bonds is 41. The highest BCUT2D eigenvalue weighted by atomic mass is 31.2. The maximum Gasteiger partial charge on any atom is 0.472 e. The van der Waals surface area contributed by atoms with Crippen LogP contribution in [-0.4, -0.2) is 75.6 Å². The van der Waals surface area contributed by atoms with Gasteiger partial charge >= 0.3 is 13.8 Å². The summed E-state index contributed by atoms with van der Waals surface area (Å²) in [4.78, 5) is 22.6. The third kappa shape index (κ3) is 42.0. The molecule has 0 aromatic carbocycles. The maximum atomic E-state index is 12.5. The van der Waals surface area contributed by atoms with Gasteiger partial charge in [-0.15, -0.1) is 0 Å². The van der Waals surface area contributed by atoms with E-state index in [0.717, 1.165) is 25.7 Å². The number of hydrogen-bond acceptors (Lipinski definition) is 6. The van der Waals surface area contributed by atoms with Crippen LogP contribution in [0.4, 0.5) is 0 Å². The predicted molar refractivity (Wildman–Crippen MR) is 224 cm³/mol. The molecule has 2 unspecified atom stereocenters. The van der Waals surface area contributed by atoms with Crippen molar-refractivity contribution in [2.45, 2.75) is 200 Å². The number of likely N-dealkylation sites (N-methyl/N-ethyl adjacent to an activating group) is 1. The van der Waals surface area contributed by atoms with Crippen LogP contribution in [0.25, 0.3) is 0 Å². The van der Waals surface area contributed by atoms with E-state index >= 15 is 0 Å². The van der Waals surface area contributed by atoms with Crippen LogP contribution < -0.4 is 0 Å². The van der Waals surface area contributed by atoms with Crippen LogP contribution >= 0.6 is 7.82 Å². The van der Waals surface area contributed by atoms with E-state index in [1.54, 1.807) is 6.08 Å². The molecule has 0 saturated heterocycles. The molecule has 8 nitrogen and oxygen atoms in total. The number of nitrogens with zero attached hydrogens (tertiary/aromatic N) is 1. The van der Waals surface area contributed by atoms with Gasteiger partial charge in [-0.05, 0) is 19.3 Å². The van der Waals surface area contributed by atoms with Gasteiger partial charge in [-0.25, -0.2) is 9.36 Å². The van der Waals surface area contributed by atoms with Crippen molar-refractivity contribution in [3.63, 3.8) is 0 Å². The molecule has 0 rings (SSSR count). The molecular formula is C44H87NO7P+. The van der Waals surface area contributed by atoms with Crippen molar-refractivity contribution in [2.75, 3.05) is 54.1 Å². The first-order valence-electron chi connectivity index (χ1n) is 22.1. The summed E-state index contributed by atoms with van der Waals surface area (Å²) in [5, 5.41) is 0. The van der Waals surface area contributed by atoms with Gasteiger partial charge in [-0.2, -0.15) is 0 Å². The molecule has 0 aliphatic heterocycles. The molecule has 0 fully saturated rings. The SMILES string of the molecule is CCCCCCCCCCCCC/C=C/C=C/C(=O)OCC(COP(=O)(O)OCC[N+](C)(C)C)OCCCCCCCCCCCCCCCCCC. The Labute approximate surface area is 328 Å². The molecule has 0 aliphatic rings. The van der Waals surface area contributed by atoms with E-state index in [0.29, 0.717) is 17.6 Å². The standard InChI is InChI=1S/C44H86NO7P/c1-6-8-10-12-14-16-18-20-22-24-26-28-30-32-34-36-39-49-43(42-52-53(47,48)51-40-38-45(3,4)5)41-50-44(46)37-35-33-31-29-27-25-23-21-19-17-15-13-11-9-7-2/h31,33,35,37,43H,6-30,32,34,36,38-42H2,1-5H3/p+1/b33-31+,37-35+. The van der Waals surface area contributed by atoms with Crippen LogP contribution in [0.2, 0.25) is 0 Å². The average molecular weight is 773 g/mol. The summed E-state index contributed by atoms with van der Waals surface area (Å²) >= 11 is 0. The molecule has 1 N–H and O–H groups in total. The van der Waals surface area contributed by atoms with Crippen LogP contribution in [0.3, 0.4) is 0 Å². The molecule has 0 aromatic rings. The first kappa shape index (κ1) is 52.0. The summed E-state index contributed by atoms with van der Waals surface area (Å²) in [5.74, 6) is -0.480. The fraction of sp³-hybridized carbons (Fsp3) is 0.886. The smallest absolute Gasteiger partial charge is 0.460 e. The molecular weight excluding hydrogens is 685 g/mol. The van der Waals surface area contributed by atoms with Crippen molar-refractivity contribution in [3.8, 4) is 0 Å². The average Bonchev–Trinajstić information content (AvgIpc) is 3.11. The van der Waals surface area contributed by atoms with Crippen LogP contribution in [0.1, 0.15) is 194 Å². The Morgan fingerprint density at radius 2 is 1.02 bits per heavy atom. The minimum atomic E-state index is -4.26. The van der Waals surface area contributed by atoms with Gasteiger partial charge < -0.3 is 18.9 Å². The highest BCUT2D eigenvalue weighted by Gasteiger charge is 2.25. The lowest BCUT2D eigenvalue weighted by molar-refractivity contribution is -0.870. The molecule has 0 aliphatic carbocycles. The number of esters is 1. The molecule has 2 atom stereocenters. The minimum Gasteiger partial charge on any atom is -0.460 e. The van der Waals surface area contributed by atoms with E-state index in [1.165, 1.54) is 160 Å². The molecule has 0 saturated carbocycles. The van der Waals surface area contributed by atoms with E-state index in [1.807, 2.05) is 27.2 Å². The zero-order valence-corrected chi connectivity index (χ0v) is 36.4. The van der Waals surface area contributed by atoms with E-state index in [9.17, 15) is 14.3 Å². The lowest BCUT2D eigenvalue weighted by atomic mass is 10.0. The second-order valence-electron chi connectivity index (χ2n) is 16.1. The highest BCUT2D eigenvalue weighted by Crippen LogP contribution is 2.43. The van der Waals surface area contributed by atoms with Crippen molar-refractivity contribution in [2.24, 2.45) is 0 Å². The molecule has 0 heterocycles. The van der Waals surface area contributed by atoms with Gasteiger partial charge in [0, 0.05) is 12.7 Å². The first-order chi connectivity index (χ1) is 25.6. The monoisotopic (exact) mass is 773 g/mol. The number of phosphoric acid groups is 1. The predicted octanol–water partition coefficient (Wildman–Crippen LogP) is 12.8. The third-order valence-electron chi connectivity index (χ3n) is 9.66. The number of carbonyl (C=O) groups is 1. The zero-order valence-electron chi connectivity index (χ0n) is 35.5. The lowest BCUT2D eigenvalue weighted by Gasteiger charge is -2.24. The van der Waals surface area contributed by atoms with Crippen molar-refractivity contribution in [1.82, 2.24) is 0 Å². The molecule has 53 heavy (non-hydrogen) atoms. The number of quaternary nitrogens is 1. The Morgan fingerprint density at radius 1 is 0.585 bits per heavy atom. The molecule has 0 aromatic heterocycles. The summed E-state index contributed by atoms with van der Waals surface area (Å²) < 4.78 is 34.8. The molecule has 9 heteroatoms. The maximum absolute atomic E-state index is 12.5. The van der Waals surface area contributed by atoms with E-state index in [2.05, 4.69) is 19.9 Å². The number of allylic oxidation sites excluding steroid dienone is 3. The van der Waals surface area contributed by atoms with Crippen molar-refractivity contribution in [1.29, 1.82) is 0 Å². The lowest BCUT2D eigenvalue weighted by Crippen LogP contribution is -2.37. The Balaban J connectivity index is 4.30. The Kier molecular flexibility index (Phi) is 37.2. The number of ether oxygens (including phenoxy) is 2. The molecule has 0 spiro atoms. The van der Waals surface area contributed by atoms with Crippen LogP contribution in [0.15, 0.2) is 24.3 Å². The van der Waals surface area contributed by atoms with Gasteiger partial charge in [0.15, 0.2) is 0 Å². The van der Waals surface area contributed by atoms with Crippen molar-refractivity contribution < 1.29 is 37.3 Å². The van der Waals surface area contributed by atoms with Crippen LogP contribution in [0, 0.1) is 0 Å². The van der Waals surface area contributed by atoms with E-state index in [-0.39, 0.29) is 19.8 Å². The van der Waals surface area contributed by atoms with Gasteiger partial charge in [0.1, 0.15) is 25.9 Å². The zero-order chi connectivity index (χ0) is 39.1. The minimum absolute atomic E-state index is 0.0661. The largest absolute Gasteiger partial charge is 0.472 e. The number of phosphoric ester groups is 1. The van der Waals surface area contributed by atoms with Gasteiger partial charge in [0.2, 0.25) is 0 Å². The fourth-order valence-corrected chi connectivity index (χ4v) is 6.89. The second-order valence-corrected chi connectivity index (χ2v) is 17.6. The van der Waals surface area contributed by atoms with E-state index in [4.69, 9.17) is 18.5 Å². The Morgan fingerprint density at radius 3 is 1.47 bits per heavy atom. The topological polar surface area (TPSA) is 91.3 Å². The second kappa shape index (κ2) is 37.9. The highest BCUT2D eigenvalue weighted by molar-refractivity contribution is 7.47. The Hall–Kier alpha value is -1.02. The van der Waals surface area contributed by atoms with Crippen molar-refractivity contribution >= 4 is 13.8 Å². The van der Waals surface area contributed by atoms with Gasteiger partial charge in [0.05, 0.1) is 27.7 Å². The van der Waals surface area contributed by atoms with Gasteiger partial charge in [-0.1, -0.05) is 193 Å². The first-order valence-corrected chi connectivity index (χ1v) is 23.6. The summed E-state index contributed by atoms with van der Waals surface area (Å²) in [6, 6.07) is 0. The molecule has 0 bridgehead atoms. The number of carbonyl (C=O) groups excluding carboxylic acids is 1. The summed E-state index contributed by atoms with van der Waals surface area (Å²) in [6.07, 6.45) is 42.8. The summed E-state index contributed by atoms with van der Waals surface area (Å²) in [7, 11) is 1.68. The van der Waals surface area contributed by atoms with Crippen LogP contribution in [-0.2, 0) is 27.9 Å². The summed E-state index contributed by atoms with van der Waals surface area (Å²) in [5.41, 5.74) is 0. The molecule has 0 amide bonds. The summed E-state index contributed by atoms with van der Waals surface area (Å²) in [6.45, 7) is 5.39. The van der Waals surface area contributed by atoms with Gasteiger partial charge in [0.25, 0.3) is 0 Å². The fourth-order valence-electron chi connectivity index (χ4n) is 6.15. The number of hydrogen-bond donors (Lipinski definition) is 1. The normalized spacial score (nSPS) is 14.0. The third-order valence-corrected chi connectivity index (χ3v) is 10.6. The Bertz CT molecular complexity index is 905. The molecule has 0 radical (unpaired) electrons. The number of unbranched alkanes of at least 4 members (excludes halogenated alkanes) is 26. The van der Waals surface area contributed by atoms with Gasteiger partial charge in [-0.3, -0.25) is 9.05 Å². The molecule has 314 valence electrons. The quantitative estimate of drug-likeness (QED) is 0.0165. The van der Waals surface area contributed by atoms with E-state index < -0.39 is 19.9 Å².